The van der Waals surface area contributed by atoms with E-state index in [2.05, 4.69) is 22.0 Å². The maximum Gasteiger partial charge on any atom is 0.261 e. The molecular weight excluding hydrogens is 388 g/mol. The highest BCUT2D eigenvalue weighted by molar-refractivity contribution is 7.12. The van der Waals surface area contributed by atoms with Crippen LogP contribution >= 0.6 is 11.3 Å². The van der Waals surface area contributed by atoms with Crippen LogP contribution in [0.15, 0.2) is 41.8 Å². The number of ether oxygens (including phenoxy) is 1. The first-order valence-corrected chi connectivity index (χ1v) is 10.4. The van der Waals surface area contributed by atoms with E-state index in [1.165, 1.54) is 11.3 Å². The Kier molecular flexibility index (Phi) is 9.69. The number of thiophene rings is 1. The van der Waals surface area contributed by atoms with Gasteiger partial charge in [-0.1, -0.05) is 18.2 Å². The summed E-state index contributed by atoms with van der Waals surface area (Å²) in [5, 5.41) is 14.1. The van der Waals surface area contributed by atoms with Crippen LogP contribution in [0.2, 0.25) is 0 Å². The second-order valence-electron chi connectivity index (χ2n) is 6.51. The number of carbonyl (C=O) groups is 2. The van der Waals surface area contributed by atoms with E-state index < -0.39 is 0 Å². The van der Waals surface area contributed by atoms with E-state index >= 15 is 0 Å². The van der Waals surface area contributed by atoms with Crippen LogP contribution in [-0.4, -0.2) is 49.5 Å². The third kappa shape index (κ3) is 7.56. The second kappa shape index (κ2) is 12.5. The Morgan fingerprint density at radius 2 is 2.03 bits per heavy atom. The summed E-state index contributed by atoms with van der Waals surface area (Å²) < 4.78 is 5.73. The van der Waals surface area contributed by atoms with Gasteiger partial charge in [-0.25, -0.2) is 0 Å². The zero-order chi connectivity index (χ0) is 20.9. The van der Waals surface area contributed by atoms with Gasteiger partial charge in [-0.15, -0.1) is 11.3 Å². The number of para-hydroxylation sites is 1. The number of likely N-dealkylation sites (tertiary alicyclic amines) is 1. The number of nitrogens with zero attached hydrogens (tertiary/aromatic N) is 2. The molecule has 2 aromatic rings. The summed E-state index contributed by atoms with van der Waals surface area (Å²) in [6.45, 7) is 3.56. The maximum atomic E-state index is 12.1. The number of hydrogen-bond acceptors (Lipinski definition) is 6. The van der Waals surface area contributed by atoms with Crippen molar-refractivity contribution in [1.29, 1.82) is 5.26 Å². The van der Waals surface area contributed by atoms with Crippen LogP contribution in [0.25, 0.3) is 0 Å². The summed E-state index contributed by atoms with van der Waals surface area (Å²) in [6.07, 6.45) is 3.14. The largest absolute Gasteiger partial charge is 0.492 e. The van der Waals surface area contributed by atoms with Crippen molar-refractivity contribution in [2.24, 2.45) is 5.73 Å². The lowest BCUT2D eigenvalue weighted by molar-refractivity contribution is -0.106. The summed E-state index contributed by atoms with van der Waals surface area (Å²) in [6, 6.07) is 13.5. The number of carbonyl (C=O) groups excluding carboxylic acids is 2. The summed E-state index contributed by atoms with van der Waals surface area (Å²) in [5.41, 5.74) is 4.75. The molecule has 8 heteroatoms. The molecule has 0 atom stereocenters. The number of nitrogens with two attached hydrogens (primary N) is 1. The van der Waals surface area contributed by atoms with Gasteiger partial charge in [0.15, 0.2) is 0 Å². The van der Waals surface area contributed by atoms with Crippen molar-refractivity contribution in [2.45, 2.75) is 25.3 Å². The third-order valence-corrected chi connectivity index (χ3v) is 5.42. The molecule has 1 aliphatic heterocycles. The molecule has 0 radical (unpaired) electrons. The van der Waals surface area contributed by atoms with Crippen molar-refractivity contribution in [1.82, 2.24) is 10.2 Å². The molecule has 1 aromatic carbocycles. The van der Waals surface area contributed by atoms with Gasteiger partial charge in [0.05, 0.1) is 17.0 Å². The molecule has 2 amide bonds. The quantitative estimate of drug-likeness (QED) is 0.534. The van der Waals surface area contributed by atoms with E-state index in [9.17, 15) is 4.79 Å². The molecule has 0 saturated carbocycles. The van der Waals surface area contributed by atoms with Gasteiger partial charge in [-0.05, 0) is 42.8 Å². The number of benzene rings is 1. The van der Waals surface area contributed by atoms with Crippen LogP contribution in [0.4, 0.5) is 0 Å². The van der Waals surface area contributed by atoms with Crippen molar-refractivity contribution in [3.8, 4) is 11.8 Å². The van der Waals surface area contributed by atoms with Gasteiger partial charge in [0, 0.05) is 25.7 Å². The number of rotatable bonds is 7. The van der Waals surface area contributed by atoms with Crippen LogP contribution in [0.5, 0.6) is 5.75 Å². The molecule has 0 spiro atoms. The van der Waals surface area contributed by atoms with E-state index in [-0.39, 0.29) is 18.4 Å². The van der Waals surface area contributed by atoms with Crippen LogP contribution in [0.3, 0.4) is 0 Å². The number of nitrogens with one attached hydrogen (secondary N) is 1. The van der Waals surface area contributed by atoms with Gasteiger partial charge in [0.25, 0.3) is 5.91 Å². The molecule has 1 saturated heterocycles. The van der Waals surface area contributed by atoms with Gasteiger partial charge in [-0.2, -0.15) is 5.26 Å². The van der Waals surface area contributed by atoms with Crippen LogP contribution in [0.1, 0.15) is 34.5 Å². The topological polar surface area (TPSA) is 108 Å². The minimum absolute atomic E-state index is 0.0445. The van der Waals surface area contributed by atoms with E-state index in [1.807, 2.05) is 35.7 Å². The van der Waals surface area contributed by atoms with E-state index in [4.69, 9.17) is 14.8 Å². The lowest BCUT2D eigenvalue weighted by Crippen LogP contribution is -2.44. The predicted octanol–water partition coefficient (Wildman–Crippen LogP) is 2.38. The molecule has 2 heterocycles. The highest BCUT2D eigenvalue weighted by Crippen LogP contribution is 2.17. The van der Waals surface area contributed by atoms with Gasteiger partial charge in [0.2, 0.25) is 6.41 Å². The summed E-state index contributed by atoms with van der Waals surface area (Å²) >= 11 is 1.48. The Balaban J connectivity index is 0.000000941. The molecule has 1 fully saturated rings. The average molecular weight is 415 g/mol. The van der Waals surface area contributed by atoms with Crippen molar-refractivity contribution in [3.05, 3.63) is 52.2 Å². The normalized spacial score (nSPS) is 14.2. The molecule has 1 aromatic heterocycles. The highest BCUT2D eigenvalue weighted by atomic mass is 32.1. The molecular formula is C21H26N4O3S. The van der Waals surface area contributed by atoms with Crippen molar-refractivity contribution in [2.75, 3.05) is 26.2 Å². The third-order valence-electron chi connectivity index (χ3n) is 4.55. The molecule has 29 heavy (non-hydrogen) atoms. The molecule has 3 N–H and O–H groups in total. The lowest BCUT2D eigenvalue weighted by Gasteiger charge is -2.32. The molecule has 7 nitrogen and oxygen atoms in total. The number of amides is 2. The second-order valence-corrected chi connectivity index (χ2v) is 7.46. The first-order valence-electron chi connectivity index (χ1n) is 9.52. The van der Waals surface area contributed by atoms with Gasteiger partial charge >= 0.3 is 0 Å². The molecule has 0 unspecified atom stereocenters. The lowest BCUT2D eigenvalue weighted by atomic mass is 10.0. The minimum atomic E-state index is 0.0445. The fourth-order valence-electron chi connectivity index (χ4n) is 3.12. The van der Waals surface area contributed by atoms with Crippen molar-refractivity contribution >= 4 is 23.7 Å². The number of nitriles is 1. The fourth-order valence-corrected chi connectivity index (χ4v) is 3.75. The smallest absolute Gasteiger partial charge is 0.261 e. The zero-order valence-electron chi connectivity index (χ0n) is 16.3. The SMILES string of the molecule is N#Cc1ccccc1OCCCN1CCC(NC(=O)c2cccs2)CC1.NC=O. The Bertz CT molecular complexity index is 797. The zero-order valence-corrected chi connectivity index (χ0v) is 17.1. The number of piperidine rings is 1. The predicted molar refractivity (Wildman–Crippen MR) is 113 cm³/mol. The first-order chi connectivity index (χ1) is 14.2. The molecule has 0 bridgehead atoms. The Hall–Kier alpha value is -2.89. The molecule has 0 aliphatic carbocycles. The van der Waals surface area contributed by atoms with Gasteiger partial charge in [-0.3, -0.25) is 9.59 Å². The van der Waals surface area contributed by atoms with E-state index in [0.717, 1.165) is 43.8 Å². The van der Waals surface area contributed by atoms with E-state index in [0.29, 0.717) is 17.9 Å². The first kappa shape index (κ1) is 22.4. The molecule has 154 valence electrons. The monoisotopic (exact) mass is 414 g/mol. The van der Waals surface area contributed by atoms with Crippen molar-refractivity contribution in [3.63, 3.8) is 0 Å². The summed E-state index contributed by atoms with van der Waals surface area (Å²) in [4.78, 5) is 23.9. The van der Waals surface area contributed by atoms with Crippen LogP contribution in [0, 0.1) is 11.3 Å². The molecule has 3 rings (SSSR count). The average Bonchev–Trinajstić information content (AvgIpc) is 3.28. The Labute approximate surface area is 175 Å². The van der Waals surface area contributed by atoms with Crippen LogP contribution < -0.4 is 15.8 Å². The van der Waals surface area contributed by atoms with Gasteiger partial charge < -0.3 is 20.7 Å². The Morgan fingerprint density at radius 1 is 1.31 bits per heavy atom. The fraction of sp³-hybridized carbons (Fsp3) is 0.381. The highest BCUT2D eigenvalue weighted by Gasteiger charge is 2.21. The summed E-state index contributed by atoms with van der Waals surface area (Å²) in [7, 11) is 0. The summed E-state index contributed by atoms with van der Waals surface area (Å²) in [5.74, 6) is 0.702. The maximum absolute atomic E-state index is 12.1. The minimum Gasteiger partial charge on any atom is -0.492 e. The molecule has 1 aliphatic rings. The van der Waals surface area contributed by atoms with Crippen molar-refractivity contribution < 1.29 is 14.3 Å². The standard InChI is InChI=1S/C20H23N3O2S.CH3NO/c21-15-16-5-1-2-6-18(16)25-13-4-10-23-11-8-17(9-12-23)22-20(24)19-7-3-14-26-19;2-1-3/h1-3,5-7,14,17H,4,8-13H2,(H,22,24);1H,(H2,2,3). The van der Waals surface area contributed by atoms with Gasteiger partial charge in [0.1, 0.15) is 11.8 Å². The van der Waals surface area contributed by atoms with E-state index in [1.54, 1.807) is 6.07 Å². The van der Waals surface area contributed by atoms with Crippen LogP contribution in [-0.2, 0) is 4.79 Å². The number of primary amides is 1. The Morgan fingerprint density at radius 3 is 2.69 bits per heavy atom. The number of hydrogen-bond donors (Lipinski definition) is 2.